The van der Waals surface area contributed by atoms with Gasteiger partial charge in [0.15, 0.2) is 0 Å². The van der Waals surface area contributed by atoms with Crippen molar-refractivity contribution in [3.63, 3.8) is 0 Å². The number of likely N-dealkylation sites (N-methyl/N-ethyl adjacent to an activating group) is 1. The summed E-state index contributed by atoms with van der Waals surface area (Å²) < 4.78 is 5.80. The summed E-state index contributed by atoms with van der Waals surface area (Å²) in [4.78, 5) is 4.32. The van der Waals surface area contributed by atoms with Crippen molar-refractivity contribution >= 4 is 0 Å². The zero-order valence-corrected chi connectivity index (χ0v) is 11.4. The molecule has 0 rings (SSSR count). The smallest absolute Gasteiger partial charge is 0.110 e. The lowest BCUT2D eigenvalue weighted by atomic mass is 10.3. The third kappa shape index (κ3) is 7.17. The van der Waals surface area contributed by atoms with Crippen LogP contribution in [-0.2, 0) is 4.74 Å². The molecule has 0 fully saturated rings. The Labute approximate surface area is 100 Å². The monoisotopic (exact) mass is 232 g/mol. The lowest BCUT2D eigenvalue weighted by molar-refractivity contribution is -0.0500. The molecule has 0 aromatic carbocycles. The third-order valence-electron chi connectivity index (χ3n) is 2.82. The Morgan fingerprint density at radius 2 is 1.81 bits per heavy atom. The first kappa shape index (κ1) is 15.8. The average Bonchev–Trinajstić information content (AvgIpc) is 2.21. The van der Waals surface area contributed by atoms with Gasteiger partial charge in [-0.25, -0.2) is 0 Å². The number of aliphatic hydroxyl groups excluding tert-OH is 1. The second-order valence-corrected chi connectivity index (χ2v) is 4.73. The van der Waals surface area contributed by atoms with Crippen LogP contribution in [-0.4, -0.2) is 68.1 Å². The Kier molecular flexibility index (Phi) is 8.84. The van der Waals surface area contributed by atoms with Crippen molar-refractivity contribution in [2.24, 2.45) is 0 Å². The minimum atomic E-state index is 0.118. The summed E-state index contributed by atoms with van der Waals surface area (Å²) in [6.07, 6.45) is 1.80. The van der Waals surface area contributed by atoms with E-state index >= 15 is 0 Å². The fourth-order valence-electron chi connectivity index (χ4n) is 1.35. The Hall–Kier alpha value is -0.160. The van der Waals surface area contributed by atoms with E-state index in [1.165, 1.54) is 0 Å². The van der Waals surface area contributed by atoms with E-state index in [0.717, 1.165) is 26.0 Å². The maximum Gasteiger partial charge on any atom is 0.110 e. The standard InChI is InChI=1S/C12H28N2O2/c1-11(2)14(5)8-10-16-12(13(3)4)7-6-9-15/h11-12,15H,6-10H2,1-5H3. The molecule has 0 radical (unpaired) electrons. The van der Waals surface area contributed by atoms with E-state index in [2.05, 4.69) is 30.7 Å². The first-order valence-electron chi connectivity index (χ1n) is 6.08. The van der Waals surface area contributed by atoms with E-state index in [1.54, 1.807) is 0 Å². The number of aliphatic hydroxyl groups is 1. The number of rotatable bonds is 9. The molecule has 0 saturated heterocycles. The highest BCUT2D eigenvalue weighted by Crippen LogP contribution is 2.05. The first-order valence-corrected chi connectivity index (χ1v) is 6.08. The summed E-state index contributed by atoms with van der Waals surface area (Å²) in [7, 11) is 6.12. The highest BCUT2D eigenvalue weighted by atomic mass is 16.5. The van der Waals surface area contributed by atoms with Crippen LogP contribution in [0.4, 0.5) is 0 Å². The summed E-state index contributed by atoms with van der Waals surface area (Å²) in [6.45, 7) is 6.27. The van der Waals surface area contributed by atoms with Gasteiger partial charge in [-0.05, 0) is 47.8 Å². The molecule has 0 saturated carbocycles. The van der Waals surface area contributed by atoms with Crippen LogP contribution in [0.1, 0.15) is 26.7 Å². The molecule has 98 valence electrons. The van der Waals surface area contributed by atoms with E-state index in [4.69, 9.17) is 9.84 Å². The highest BCUT2D eigenvalue weighted by molar-refractivity contribution is 4.58. The Morgan fingerprint density at radius 3 is 2.25 bits per heavy atom. The largest absolute Gasteiger partial charge is 0.396 e. The number of hydrogen-bond donors (Lipinski definition) is 1. The van der Waals surface area contributed by atoms with Crippen molar-refractivity contribution in [1.82, 2.24) is 9.80 Å². The Bertz CT molecular complexity index is 163. The highest BCUT2D eigenvalue weighted by Gasteiger charge is 2.11. The fraction of sp³-hybridized carbons (Fsp3) is 1.00. The van der Waals surface area contributed by atoms with Gasteiger partial charge in [0.05, 0.1) is 6.61 Å². The van der Waals surface area contributed by atoms with Crippen molar-refractivity contribution < 1.29 is 9.84 Å². The van der Waals surface area contributed by atoms with Crippen molar-refractivity contribution in [2.75, 3.05) is 40.9 Å². The molecule has 0 aliphatic carbocycles. The molecule has 1 N–H and O–H groups in total. The van der Waals surface area contributed by atoms with Crippen LogP contribution in [0.5, 0.6) is 0 Å². The normalized spacial score (nSPS) is 14.1. The van der Waals surface area contributed by atoms with Gasteiger partial charge < -0.3 is 14.7 Å². The van der Waals surface area contributed by atoms with Crippen LogP contribution in [0.15, 0.2) is 0 Å². The van der Waals surface area contributed by atoms with Crippen molar-refractivity contribution in [3.05, 3.63) is 0 Å². The molecule has 4 nitrogen and oxygen atoms in total. The van der Waals surface area contributed by atoms with Gasteiger partial charge in [0.25, 0.3) is 0 Å². The minimum absolute atomic E-state index is 0.118. The quantitative estimate of drug-likeness (QED) is 0.602. The molecule has 0 aromatic heterocycles. The van der Waals surface area contributed by atoms with Gasteiger partial charge in [-0.1, -0.05) is 0 Å². The van der Waals surface area contributed by atoms with Crippen LogP contribution in [0.2, 0.25) is 0 Å². The lowest BCUT2D eigenvalue weighted by Gasteiger charge is -2.27. The molecule has 0 spiro atoms. The molecule has 16 heavy (non-hydrogen) atoms. The second-order valence-electron chi connectivity index (χ2n) is 4.73. The predicted molar refractivity (Wildman–Crippen MR) is 67.5 cm³/mol. The first-order chi connectivity index (χ1) is 7.49. The maximum absolute atomic E-state index is 8.80. The van der Waals surface area contributed by atoms with E-state index in [9.17, 15) is 0 Å². The average molecular weight is 232 g/mol. The summed E-state index contributed by atoms with van der Waals surface area (Å²) in [5, 5.41) is 8.80. The van der Waals surface area contributed by atoms with Crippen molar-refractivity contribution in [1.29, 1.82) is 0 Å². The van der Waals surface area contributed by atoms with Crippen LogP contribution in [0.3, 0.4) is 0 Å². The molecule has 0 amide bonds. The molecule has 1 unspecified atom stereocenters. The van der Waals surface area contributed by atoms with Crippen LogP contribution < -0.4 is 0 Å². The van der Waals surface area contributed by atoms with Gasteiger partial charge in [-0.15, -0.1) is 0 Å². The zero-order valence-electron chi connectivity index (χ0n) is 11.4. The summed E-state index contributed by atoms with van der Waals surface area (Å²) in [5.74, 6) is 0. The molecular weight excluding hydrogens is 204 g/mol. The SMILES string of the molecule is CC(C)N(C)CCOC(CCCO)N(C)C. The Balaban J connectivity index is 3.75. The molecular formula is C12H28N2O2. The molecule has 0 bridgehead atoms. The third-order valence-corrected chi connectivity index (χ3v) is 2.82. The van der Waals surface area contributed by atoms with Gasteiger partial charge in [0.2, 0.25) is 0 Å². The maximum atomic E-state index is 8.80. The molecule has 1 atom stereocenters. The van der Waals surface area contributed by atoms with Gasteiger partial charge in [-0.2, -0.15) is 0 Å². The number of ether oxygens (including phenoxy) is 1. The van der Waals surface area contributed by atoms with E-state index < -0.39 is 0 Å². The summed E-state index contributed by atoms with van der Waals surface area (Å²) in [6, 6.07) is 0.554. The number of hydrogen-bond acceptors (Lipinski definition) is 4. The molecule has 0 heterocycles. The van der Waals surface area contributed by atoms with E-state index in [0.29, 0.717) is 6.04 Å². The molecule has 0 aliphatic rings. The zero-order chi connectivity index (χ0) is 12.6. The minimum Gasteiger partial charge on any atom is -0.396 e. The van der Waals surface area contributed by atoms with E-state index in [1.807, 2.05) is 14.1 Å². The Morgan fingerprint density at radius 1 is 1.19 bits per heavy atom. The molecule has 4 heteroatoms. The van der Waals surface area contributed by atoms with Crippen LogP contribution in [0, 0.1) is 0 Å². The molecule has 0 aliphatic heterocycles. The van der Waals surface area contributed by atoms with Crippen molar-refractivity contribution in [2.45, 2.75) is 39.0 Å². The lowest BCUT2D eigenvalue weighted by Crippen LogP contribution is -2.35. The second kappa shape index (κ2) is 8.93. The molecule has 0 aromatic rings. The van der Waals surface area contributed by atoms with Crippen LogP contribution in [0.25, 0.3) is 0 Å². The summed E-state index contributed by atoms with van der Waals surface area (Å²) >= 11 is 0. The van der Waals surface area contributed by atoms with Crippen LogP contribution >= 0.6 is 0 Å². The number of nitrogens with zero attached hydrogens (tertiary/aromatic N) is 2. The van der Waals surface area contributed by atoms with Gasteiger partial charge >= 0.3 is 0 Å². The van der Waals surface area contributed by atoms with Gasteiger partial charge in [0, 0.05) is 19.2 Å². The van der Waals surface area contributed by atoms with Gasteiger partial charge in [0.1, 0.15) is 6.23 Å². The predicted octanol–water partition coefficient (Wildman–Crippen LogP) is 1.00. The van der Waals surface area contributed by atoms with Crippen molar-refractivity contribution in [3.8, 4) is 0 Å². The topological polar surface area (TPSA) is 35.9 Å². The van der Waals surface area contributed by atoms with Gasteiger partial charge in [-0.3, -0.25) is 4.90 Å². The van der Waals surface area contributed by atoms with E-state index in [-0.39, 0.29) is 12.8 Å². The fourth-order valence-corrected chi connectivity index (χ4v) is 1.35. The summed E-state index contributed by atoms with van der Waals surface area (Å²) in [5.41, 5.74) is 0.